The first kappa shape index (κ1) is 22.6. The molecule has 156 valence electrons. The summed E-state index contributed by atoms with van der Waals surface area (Å²) in [5.41, 5.74) is 3.34. The maximum Gasteiger partial charge on any atom is 0.274 e. The number of hydrazone groups is 1. The molecule has 0 aromatic heterocycles. The minimum Gasteiger partial charge on any atom is -0.486 e. The Labute approximate surface area is 192 Å². The van der Waals surface area contributed by atoms with Crippen molar-refractivity contribution in [1.82, 2.24) is 5.43 Å². The van der Waals surface area contributed by atoms with Crippen molar-refractivity contribution in [3.63, 3.8) is 0 Å². The van der Waals surface area contributed by atoms with Crippen molar-refractivity contribution >= 4 is 46.9 Å². The average molecular weight is 477 g/mol. The number of amides is 1. The lowest BCUT2D eigenvalue weighted by molar-refractivity contribution is 0.0951. The third-order valence-electron chi connectivity index (χ3n) is 4.07. The Kier molecular flexibility index (Phi) is 7.48. The molecule has 0 aliphatic carbocycles. The van der Waals surface area contributed by atoms with E-state index in [1.165, 1.54) is 18.3 Å². The molecule has 1 N–H and O–H groups in total. The fraction of sp³-hybridized carbons (Fsp3) is 0.0455. The average Bonchev–Trinajstić information content (AvgIpc) is 2.74. The van der Waals surface area contributed by atoms with E-state index in [2.05, 4.69) is 10.5 Å². The Balaban J connectivity index is 1.67. The topological polar surface area (TPSA) is 74.5 Å². The largest absolute Gasteiger partial charge is 0.486 e. The molecule has 9 heteroatoms. The molecule has 0 unspecified atom stereocenters. The molecule has 0 fully saturated rings. The fourth-order valence-corrected chi connectivity index (χ4v) is 3.36. The van der Waals surface area contributed by atoms with E-state index in [0.29, 0.717) is 10.6 Å². The van der Waals surface area contributed by atoms with Gasteiger partial charge in [0, 0.05) is 10.6 Å². The Hall–Kier alpha value is -3.11. The Morgan fingerprint density at radius 1 is 1.10 bits per heavy atom. The standard InChI is InChI=1S/C22H13Cl3FN3O2/c23-17-4-2-1-3-15(17)12-31-21-18(24)7-14(8-19(21)25)11-28-29-22(30)16-6-5-13(10-27)9-20(16)26/h1-9,11H,12H2,(H,29,30)/b28-11+. The number of hydrogen-bond acceptors (Lipinski definition) is 4. The Morgan fingerprint density at radius 2 is 1.81 bits per heavy atom. The van der Waals surface area contributed by atoms with Crippen molar-refractivity contribution in [3.8, 4) is 11.8 Å². The predicted molar refractivity (Wildman–Crippen MR) is 118 cm³/mol. The lowest BCUT2D eigenvalue weighted by atomic mass is 10.1. The first-order valence-corrected chi connectivity index (χ1v) is 9.90. The maximum absolute atomic E-state index is 13.9. The SMILES string of the molecule is N#Cc1ccc(C(=O)N/N=C/c2cc(Cl)c(OCc3ccccc3Cl)c(Cl)c2)c(F)c1. The number of halogens is 4. The fourth-order valence-electron chi connectivity index (χ4n) is 2.55. The summed E-state index contributed by atoms with van der Waals surface area (Å²) in [4.78, 5) is 12.1. The van der Waals surface area contributed by atoms with Gasteiger partial charge in [-0.05, 0) is 42.0 Å². The number of hydrogen-bond donors (Lipinski definition) is 1. The van der Waals surface area contributed by atoms with E-state index < -0.39 is 11.7 Å². The molecule has 0 radical (unpaired) electrons. The smallest absolute Gasteiger partial charge is 0.274 e. The van der Waals surface area contributed by atoms with Gasteiger partial charge in [0.1, 0.15) is 12.4 Å². The second-order valence-corrected chi connectivity index (χ2v) is 7.42. The molecule has 3 rings (SSSR count). The van der Waals surface area contributed by atoms with E-state index in [1.807, 2.05) is 18.2 Å². The lowest BCUT2D eigenvalue weighted by Crippen LogP contribution is -2.19. The van der Waals surface area contributed by atoms with Crippen LogP contribution in [-0.4, -0.2) is 12.1 Å². The summed E-state index contributed by atoms with van der Waals surface area (Å²) in [5, 5.41) is 13.6. The Morgan fingerprint density at radius 3 is 2.45 bits per heavy atom. The van der Waals surface area contributed by atoms with Gasteiger partial charge in [-0.3, -0.25) is 4.79 Å². The normalized spacial score (nSPS) is 10.7. The van der Waals surface area contributed by atoms with Gasteiger partial charge in [0.2, 0.25) is 0 Å². The molecule has 0 saturated heterocycles. The van der Waals surface area contributed by atoms with Gasteiger partial charge < -0.3 is 4.74 Å². The van der Waals surface area contributed by atoms with E-state index in [9.17, 15) is 9.18 Å². The number of nitrogens with one attached hydrogen (secondary N) is 1. The van der Waals surface area contributed by atoms with Crippen LogP contribution in [0, 0.1) is 17.1 Å². The molecule has 0 heterocycles. The van der Waals surface area contributed by atoms with Crippen LogP contribution in [0.2, 0.25) is 15.1 Å². The van der Waals surface area contributed by atoms with E-state index in [0.717, 1.165) is 11.6 Å². The number of benzene rings is 3. The van der Waals surface area contributed by atoms with E-state index in [4.69, 9.17) is 44.8 Å². The molecule has 0 saturated carbocycles. The molecule has 0 bridgehead atoms. The van der Waals surface area contributed by atoms with Crippen LogP contribution in [0.1, 0.15) is 27.0 Å². The first-order valence-electron chi connectivity index (χ1n) is 8.77. The van der Waals surface area contributed by atoms with Gasteiger partial charge in [0.15, 0.2) is 5.75 Å². The highest BCUT2D eigenvalue weighted by atomic mass is 35.5. The Bertz CT molecular complexity index is 1190. The van der Waals surface area contributed by atoms with E-state index in [-0.39, 0.29) is 33.5 Å². The van der Waals surface area contributed by atoms with Crippen LogP contribution in [0.4, 0.5) is 4.39 Å². The summed E-state index contributed by atoms with van der Waals surface area (Å²) in [5.74, 6) is -1.31. The molecule has 31 heavy (non-hydrogen) atoms. The van der Waals surface area contributed by atoms with Crippen LogP contribution in [-0.2, 0) is 6.61 Å². The molecule has 3 aromatic carbocycles. The molecule has 0 spiro atoms. The van der Waals surface area contributed by atoms with Crippen molar-refractivity contribution in [3.05, 3.63) is 97.7 Å². The molecular formula is C22H13Cl3FN3O2. The van der Waals surface area contributed by atoms with Crippen molar-refractivity contribution in [2.24, 2.45) is 5.10 Å². The third kappa shape index (κ3) is 5.74. The molecule has 5 nitrogen and oxygen atoms in total. The summed E-state index contributed by atoms with van der Waals surface area (Å²) in [6, 6.07) is 15.6. The highest BCUT2D eigenvalue weighted by molar-refractivity contribution is 6.37. The number of ether oxygens (including phenoxy) is 1. The second kappa shape index (κ2) is 10.3. The summed E-state index contributed by atoms with van der Waals surface area (Å²) in [6.07, 6.45) is 1.30. The van der Waals surface area contributed by atoms with Gasteiger partial charge in [-0.1, -0.05) is 53.0 Å². The van der Waals surface area contributed by atoms with Gasteiger partial charge in [-0.2, -0.15) is 10.4 Å². The lowest BCUT2D eigenvalue weighted by Gasteiger charge is -2.11. The van der Waals surface area contributed by atoms with Crippen LogP contribution in [0.5, 0.6) is 5.75 Å². The zero-order chi connectivity index (χ0) is 22.4. The van der Waals surface area contributed by atoms with Gasteiger partial charge in [0.25, 0.3) is 5.91 Å². The van der Waals surface area contributed by atoms with Crippen LogP contribution >= 0.6 is 34.8 Å². The highest BCUT2D eigenvalue weighted by Crippen LogP contribution is 2.34. The summed E-state index contributed by atoms with van der Waals surface area (Å²) in [7, 11) is 0. The van der Waals surface area contributed by atoms with Gasteiger partial charge in [0.05, 0.1) is 33.5 Å². The number of rotatable bonds is 6. The quantitative estimate of drug-likeness (QED) is 0.350. The second-order valence-electron chi connectivity index (χ2n) is 6.20. The monoisotopic (exact) mass is 475 g/mol. The molecular weight excluding hydrogens is 464 g/mol. The number of carbonyl (C=O) groups is 1. The minimum absolute atomic E-state index is 0.110. The zero-order valence-electron chi connectivity index (χ0n) is 15.7. The summed E-state index contributed by atoms with van der Waals surface area (Å²) in [6.45, 7) is 0.179. The predicted octanol–water partition coefficient (Wildman–Crippen LogP) is 6.00. The van der Waals surface area contributed by atoms with E-state index in [1.54, 1.807) is 24.3 Å². The molecule has 3 aromatic rings. The van der Waals surface area contributed by atoms with E-state index >= 15 is 0 Å². The number of nitriles is 1. The van der Waals surface area contributed by atoms with Crippen molar-refractivity contribution in [2.45, 2.75) is 6.61 Å². The highest BCUT2D eigenvalue weighted by Gasteiger charge is 2.13. The van der Waals surface area contributed by atoms with Crippen molar-refractivity contribution in [2.75, 3.05) is 0 Å². The van der Waals surface area contributed by atoms with Gasteiger partial charge in [-0.15, -0.1) is 0 Å². The molecule has 0 aliphatic rings. The first-order chi connectivity index (χ1) is 14.9. The number of nitrogens with zero attached hydrogens (tertiary/aromatic N) is 2. The zero-order valence-corrected chi connectivity index (χ0v) is 18.0. The van der Waals surface area contributed by atoms with Crippen molar-refractivity contribution < 1.29 is 13.9 Å². The minimum atomic E-state index is -0.821. The summed E-state index contributed by atoms with van der Waals surface area (Å²) >= 11 is 18.6. The maximum atomic E-state index is 13.9. The molecule has 1 amide bonds. The third-order valence-corrected chi connectivity index (χ3v) is 5.00. The van der Waals surface area contributed by atoms with Gasteiger partial charge in [-0.25, -0.2) is 9.82 Å². The molecule has 0 aliphatic heterocycles. The van der Waals surface area contributed by atoms with Crippen LogP contribution < -0.4 is 10.2 Å². The molecule has 0 atom stereocenters. The van der Waals surface area contributed by atoms with Crippen LogP contribution in [0.25, 0.3) is 0 Å². The van der Waals surface area contributed by atoms with Gasteiger partial charge >= 0.3 is 0 Å². The van der Waals surface area contributed by atoms with Crippen molar-refractivity contribution in [1.29, 1.82) is 5.26 Å². The van der Waals surface area contributed by atoms with Crippen LogP contribution in [0.15, 0.2) is 59.7 Å². The number of carbonyl (C=O) groups excluding carboxylic acids is 1. The van der Waals surface area contributed by atoms with Crippen LogP contribution in [0.3, 0.4) is 0 Å². The summed E-state index contributed by atoms with van der Waals surface area (Å²) < 4.78 is 19.6.